The molecule has 0 unspecified atom stereocenters. The SMILES string of the molecule is COCSc1ccccc1I. The Hall–Kier alpha value is 0.260. The van der Waals surface area contributed by atoms with E-state index >= 15 is 0 Å². The molecule has 0 heterocycles. The standard InChI is InChI=1S/C8H9IOS/c1-10-6-11-8-5-3-2-4-7(8)9/h2-5H,6H2,1H3. The maximum atomic E-state index is 4.96. The summed E-state index contributed by atoms with van der Waals surface area (Å²) in [5.41, 5.74) is 0. The molecule has 1 aromatic rings. The number of halogens is 1. The summed E-state index contributed by atoms with van der Waals surface area (Å²) in [6.45, 7) is 0. The molecule has 0 fully saturated rings. The van der Waals surface area contributed by atoms with Crippen molar-refractivity contribution >= 4 is 34.4 Å². The van der Waals surface area contributed by atoms with Crippen LogP contribution in [0.5, 0.6) is 0 Å². The topological polar surface area (TPSA) is 9.23 Å². The van der Waals surface area contributed by atoms with Crippen molar-refractivity contribution in [3.8, 4) is 0 Å². The Bertz CT molecular complexity index is 227. The van der Waals surface area contributed by atoms with E-state index in [1.165, 1.54) is 8.47 Å². The molecule has 0 saturated heterocycles. The van der Waals surface area contributed by atoms with Crippen molar-refractivity contribution in [2.24, 2.45) is 0 Å². The molecule has 0 atom stereocenters. The van der Waals surface area contributed by atoms with E-state index in [4.69, 9.17) is 4.74 Å². The average Bonchev–Trinajstić information content (AvgIpc) is 2.03. The molecule has 1 nitrogen and oxygen atoms in total. The maximum Gasteiger partial charge on any atom is 0.0963 e. The van der Waals surface area contributed by atoms with Crippen LogP contribution in [0.2, 0.25) is 0 Å². The zero-order valence-electron chi connectivity index (χ0n) is 6.21. The van der Waals surface area contributed by atoms with Crippen LogP contribution in [-0.2, 0) is 4.74 Å². The molecule has 11 heavy (non-hydrogen) atoms. The third-order valence-electron chi connectivity index (χ3n) is 1.17. The first-order chi connectivity index (χ1) is 5.34. The predicted molar refractivity (Wildman–Crippen MR) is 56.9 cm³/mol. The van der Waals surface area contributed by atoms with Gasteiger partial charge in [-0.05, 0) is 34.7 Å². The smallest absolute Gasteiger partial charge is 0.0963 e. The van der Waals surface area contributed by atoms with Crippen LogP contribution in [0.3, 0.4) is 0 Å². The Labute approximate surface area is 84.7 Å². The highest BCUT2D eigenvalue weighted by molar-refractivity contribution is 14.1. The van der Waals surface area contributed by atoms with E-state index < -0.39 is 0 Å². The lowest BCUT2D eigenvalue weighted by Crippen LogP contribution is -1.83. The number of hydrogen-bond acceptors (Lipinski definition) is 2. The van der Waals surface area contributed by atoms with E-state index in [1.54, 1.807) is 18.9 Å². The van der Waals surface area contributed by atoms with E-state index in [0.29, 0.717) is 0 Å². The van der Waals surface area contributed by atoms with E-state index in [2.05, 4.69) is 34.7 Å². The summed E-state index contributed by atoms with van der Waals surface area (Å²) in [5.74, 6) is 0.722. The molecule has 0 aromatic heterocycles. The summed E-state index contributed by atoms with van der Waals surface area (Å²) in [4.78, 5) is 1.29. The molecule has 0 spiro atoms. The van der Waals surface area contributed by atoms with Gasteiger partial charge in [-0.3, -0.25) is 0 Å². The molecule has 0 aliphatic rings. The van der Waals surface area contributed by atoms with Crippen LogP contribution in [0.1, 0.15) is 0 Å². The van der Waals surface area contributed by atoms with Crippen LogP contribution < -0.4 is 0 Å². The second kappa shape index (κ2) is 5.00. The number of hydrogen-bond donors (Lipinski definition) is 0. The Morgan fingerprint density at radius 1 is 1.45 bits per heavy atom. The van der Waals surface area contributed by atoms with Gasteiger partial charge in [0.2, 0.25) is 0 Å². The first-order valence-corrected chi connectivity index (χ1v) is 5.27. The lowest BCUT2D eigenvalue weighted by molar-refractivity contribution is 0.259. The predicted octanol–water partition coefficient (Wildman–Crippen LogP) is 2.99. The lowest BCUT2D eigenvalue weighted by atomic mass is 10.4. The van der Waals surface area contributed by atoms with Crippen LogP contribution in [0, 0.1) is 3.57 Å². The molecule has 3 heteroatoms. The molecule has 0 aliphatic heterocycles. The molecule has 1 aromatic carbocycles. The number of ether oxygens (including phenoxy) is 1. The third kappa shape index (κ3) is 3.01. The highest BCUT2D eigenvalue weighted by Gasteiger charge is 1.96. The maximum absolute atomic E-state index is 4.96. The first kappa shape index (κ1) is 9.35. The summed E-state index contributed by atoms with van der Waals surface area (Å²) in [7, 11) is 1.71. The van der Waals surface area contributed by atoms with Crippen molar-refractivity contribution < 1.29 is 4.74 Å². The van der Waals surface area contributed by atoms with Gasteiger partial charge in [0.25, 0.3) is 0 Å². The fraction of sp³-hybridized carbons (Fsp3) is 0.250. The van der Waals surface area contributed by atoms with Crippen molar-refractivity contribution in [3.63, 3.8) is 0 Å². The van der Waals surface area contributed by atoms with E-state index in [1.807, 2.05) is 12.1 Å². The van der Waals surface area contributed by atoms with Crippen LogP contribution >= 0.6 is 34.4 Å². The largest absolute Gasteiger partial charge is 0.374 e. The van der Waals surface area contributed by atoms with E-state index in [9.17, 15) is 0 Å². The molecule has 60 valence electrons. The van der Waals surface area contributed by atoms with E-state index in [-0.39, 0.29) is 0 Å². The fourth-order valence-electron chi connectivity index (χ4n) is 0.684. The number of methoxy groups -OCH3 is 1. The van der Waals surface area contributed by atoms with Gasteiger partial charge in [0.15, 0.2) is 0 Å². The molecule has 0 radical (unpaired) electrons. The van der Waals surface area contributed by atoms with Crippen LogP contribution in [0.15, 0.2) is 29.2 Å². The summed E-state index contributed by atoms with van der Waals surface area (Å²) in [5, 5.41) is 0. The normalized spacial score (nSPS) is 10.0. The van der Waals surface area contributed by atoms with Gasteiger partial charge < -0.3 is 4.74 Å². The Kier molecular flexibility index (Phi) is 4.25. The zero-order valence-corrected chi connectivity index (χ0v) is 9.18. The van der Waals surface area contributed by atoms with Crippen molar-refractivity contribution in [3.05, 3.63) is 27.8 Å². The van der Waals surface area contributed by atoms with Gasteiger partial charge in [-0.15, -0.1) is 0 Å². The van der Waals surface area contributed by atoms with Crippen molar-refractivity contribution in [1.82, 2.24) is 0 Å². The Balaban J connectivity index is 2.62. The van der Waals surface area contributed by atoms with Crippen molar-refractivity contribution in [1.29, 1.82) is 0 Å². The monoisotopic (exact) mass is 280 g/mol. The van der Waals surface area contributed by atoms with Gasteiger partial charge in [-0.25, -0.2) is 0 Å². The van der Waals surface area contributed by atoms with Gasteiger partial charge >= 0.3 is 0 Å². The zero-order chi connectivity index (χ0) is 8.10. The van der Waals surface area contributed by atoms with Crippen LogP contribution in [-0.4, -0.2) is 13.0 Å². The molecule has 0 N–H and O–H groups in total. The molecular formula is C8H9IOS. The van der Waals surface area contributed by atoms with Crippen molar-refractivity contribution in [2.75, 3.05) is 13.0 Å². The fourth-order valence-corrected chi connectivity index (χ4v) is 2.16. The second-order valence-electron chi connectivity index (χ2n) is 1.98. The Morgan fingerprint density at radius 3 is 2.82 bits per heavy atom. The van der Waals surface area contributed by atoms with E-state index in [0.717, 1.165) is 5.94 Å². The highest BCUT2D eigenvalue weighted by atomic mass is 127. The molecule has 0 saturated carbocycles. The quantitative estimate of drug-likeness (QED) is 0.478. The number of thioether (sulfide) groups is 1. The minimum Gasteiger partial charge on any atom is -0.374 e. The lowest BCUT2D eigenvalue weighted by Gasteiger charge is -2.01. The minimum absolute atomic E-state index is 0.722. The van der Waals surface area contributed by atoms with Gasteiger partial charge in [0.05, 0.1) is 5.94 Å². The number of rotatable bonds is 3. The van der Waals surface area contributed by atoms with Gasteiger partial charge in [0.1, 0.15) is 0 Å². The highest BCUT2D eigenvalue weighted by Crippen LogP contribution is 2.23. The summed E-state index contributed by atoms with van der Waals surface area (Å²) < 4.78 is 6.24. The summed E-state index contributed by atoms with van der Waals surface area (Å²) in [6, 6.07) is 8.28. The number of benzene rings is 1. The second-order valence-corrected chi connectivity index (χ2v) is 4.11. The summed E-state index contributed by atoms with van der Waals surface area (Å²) >= 11 is 4.04. The summed E-state index contributed by atoms with van der Waals surface area (Å²) in [6.07, 6.45) is 0. The minimum atomic E-state index is 0.722. The molecule has 0 amide bonds. The van der Waals surface area contributed by atoms with Gasteiger partial charge in [0, 0.05) is 15.6 Å². The molecular weight excluding hydrogens is 271 g/mol. The average molecular weight is 280 g/mol. The van der Waals surface area contributed by atoms with Crippen LogP contribution in [0.4, 0.5) is 0 Å². The van der Waals surface area contributed by atoms with Gasteiger partial charge in [-0.1, -0.05) is 23.9 Å². The van der Waals surface area contributed by atoms with Crippen LogP contribution in [0.25, 0.3) is 0 Å². The van der Waals surface area contributed by atoms with Gasteiger partial charge in [-0.2, -0.15) is 0 Å². The molecule has 0 bridgehead atoms. The first-order valence-electron chi connectivity index (χ1n) is 3.21. The molecule has 1 rings (SSSR count). The third-order valence-corrected chi connectivity index (χ3v) is 3.50. The van der Waals surface area contributed by atoms with Crippen molar-refractivity contribution in [2.45, 2.75) is 4.90 Å². The molecule has 0 aliphatic carbocycles. The Morgan fingerprint density at radius 2 is 2.18 bits per heavy atom.